The molecule has 0 spiro atoms. The Morgan fingerprint density at radius 1 is 1.22 bits per heavy atom. The standard InChI is InChI=1S/C17H20F4N2O4/c1-10(2)15(24)23-8-7-14(13(18)9-23)26-16(25)22-11-3-5-12(6-4-11)27-17(19,20)21/h3-6,10,13-14H,7-9H2,1-2H3,(H,22,25)/t13-,14+/m0/s1. The molecule has 1 aromatic rings. The number of hydrogen-bond donors (Lipinski definition) is 1. The number of carbonyl (C=O) groups is 2. The van der Waals surface area contributed by atoms with Crippen LogP contribution in [0.2, 0.25) is 0 Å². The summed E-state index contributed by atoms with van der Waals surface area (Å²) < 4.78 is 59.3. The molecule has 6 nitrogen and oxygen atoms in total. The molecule has 0 saturated carbocycles. The number of piperidine rings is 1. The second-order valence-corrected chi connectivity index (χ2v) is 6.38. The molecule has 2 amide bonds. The van der Waals surface area contributed by atoms with E-state index in [-0.39, 0.29) is 37.0 Å². The molecule has 1 heterocycles. The van der Waals surface area contributed by atoms with E-state index < -0.39 is 30.5 Å². The molecule has 1 aliphatic rings. The molecule has 0 unspecified atom stereocenters. The Hall–Kier alpha value is -2.52. The van der Waals surface area contributed by atoms with Gasteiger partial charge in [-0.05, 0) is 24.3 Å². The fourth-order valence-corrected chi connectivity index (χ4v) is 2.61. The lowest BCUT2D eigenvalue weighted by molar-refractivity contribution is -0.274. The maximum atomic E-state index is 14.2. The lowest BCUT2D eigenvalue weighted by Gasteiger charge is -2.35. The molecular formula is C17H20F4N2O4. The molecule has 0 radical (unpaired) electrons. The van der Waals surface area contributed by atoms with E-state index in [1.165, 1.54) is 17.0 Å². The van der Waals surface area contributed by atoms with Crippen LogP contribution in [0.5, 0.6) is 5.75 Å². The number of anilines is 1. The third-order valence-corrected chi connectivity index (χ3v) is 3.88. The first-order chi connectivity index (χ1) is 12.5. The van der Waals surface area contributed by atoms with Gasteiger partial charge in [-0.1, -0.05) is 13.8 Å². The molecule has 27 heavy (non-hydrogen) atoms. The fourth-order valence-electron chi connectivity index (χ4n) is 2.61. The molecule has 2 atom stereocenters. The molecule has 1 saturated heterocycles. The van der Waals surface area contributed by atoms with E-state index >= 15 is 0 Å². The van der Waals surface area contributed by atoms with Crippen LogP contribution in [0, 0.1) is 5.92 Å². The predicted molar refractivity (Wildman–Crippen MR) is 87.9 cm³/mol. The first kappa shape index (κ1) is 20.8. The van der Waals surface area contributed by atoms with Gasteiger partial charge < -0.3 is 14.4 Å². The van der Waals surface area contributed by atoms with Gasteiger partial charge in [0.15, 0.2) is 6.17 Å². The van der Waals surface area contributed by atoms with Gasteiger partial charge in [0.2, 0.25) is 5.91 Å². The van der Waals surface area contributed by atoms with Crippen molar-refractivity contribution in [2.24, 2.45) is 5.92 Å². The molecule has 1 N–H and O–H groups in total. The van der Waals surface area contributed by atoms with E-state index in [1.807, 2.05) is 0 Å². The fraction of sp³-hybridized carbons (Fsp3) is 0.529. The first-order valence-electron chi connectivity index (χ1n) is 8.31. The van der Waals surface area contributed by atoms with Crippen molar-refractivity contribution in [2.75, 3.05) is 18.4 Å². The van der Waals surface area contributed by atoms with Crippen molar-refractivity contribution in [3.8, 4) is 5.75 Å². The molecule has 1 fully saturated rings. The summed E-state index contributed by atoms with van der Waals surface area (Å²) in [6.07, 6.45) is -8.11. The number of nitrogens with one attached hydrogen (secondary N) is 1. The minimum absolute atomic E-state index is 0.154. The van der Waals surface area contributed by atoms with Crippen LogP contribution in [-0.2, 0) is 9.53 Å². The highest BCUT2D eigenvalue weighted by Gasteiger charge is 2.35. The van der Waals surface area contributed by atoms with Crippen molar-refractivity contribution in [3.63, 3.8) is 0 Å². The number of ether oxygens (including phenoxy) is 2. The monoisotopic (exact) mass is 392 g/mol. The highest BCUT2D eigenvalue weighted by molar-refractivity contribution is 5.84. The highest BCUT2D eigenvalue weighted by Crippen LogP contribution is 2.24. The van der Waals surface area contributed by atoms with Gasteiger partial charge in [-0.15, -0.1) is 13.2 Å². The quantitative estimate of drug-likeness (QED) is 0.793. The maximum Gasteiger partial charge on any atom is 0.573 e. The van der Waals surface area contributed by atoms with E-state index in [0.717, 1.165) is 12.1 Å². The molecule has 0 aliphatic carbocycles. The molecule has 1 aliphatic heterocycles. The van der Waals surface area contributed by atoms with Gasteiger partial charge in [-0.2, -0.15) is 0 Å². The van der Waals surface area contributed by atoms with Crippen LogP contribution in [0.25, 0.3) is 0 Å². The van der Waals surface area contributed by atoms with E-state index in [1.54, 1.807) is 13.8 Å². The van der Waals surface area contributed by atoms with Crippen molar-refractivity contribution in [2.45, 2.75) is 38.9 Å². The zero-order chi connectivity index (χ0) is 20.2. The zero-order valence-electron chi connectivity index (χ0n) is 14.8. The second kappa shape index (κ2) is 8.45. The zero-order valence-corrected chi connectivity index (χ0v) is 14.8. The number of benzene rings is 1. The van der Waals surface area contributed by atoms with Crippen LogP contribution in [-0.4, -0.2) is 48.6 Å². The molecular weight excluding hydrogens is 372 g/mol. The summed E-state index contributed by atoms with van der Waals surface area (Å²) in [6.45, 7) is 3.56. The number of carbonyl (C=O) groups excluding carboxylic acids is 2. The number of halogens is 4. The third kappa shape index (κ3) is 6.30. The van der Waals surface area contributed by atoms with Crippen LogP contribution in [0.15, 0.2) is 24.3 Å². The molecule has 150 valence electrons. The van der Waals surface area contributed by atoms with E-state index in [2.05, 4.69) is 10.1 Å². The molecule has 0 aromatic heterocycles. The Labute approximate surface area is 153 Å². The van der Waals surface area contributed by atoms with E-state index in [0.29, 0.717) is 0 Å². The van der Waals surface area contributed by atoms with Crippen LogP contribution in [0.1, 0.15) is 20.3 Å². The van der Waals surface area contributed by atoms with Crippen molar-refractivity contribution < 1.29 is 36.6 Å². The predicted octanol–water partition coefficient (Wildman–Crippen LogP) is 3.73. The van der Waals surface area contributed by atoms with Crippen molar-refractivity contribution in [1.82, 2.24) is 4.90 Å². The van der Waals surface area contributed by atoms with Crippen molar-refractivity contribution in [3.05, 3.63) is 24.3 Å². The Bertz CT molecular complexity index is 664. The summed E-state index contributed by atoms with van der Waals surface area (Å²) in [5.41, 5.74) is 0.164. The minimum atomic E-state index is -4.81. The van der Waals surface area contributed by atoms with Crippen LogP contribution < -0.4 is 10.1 Å². The number of nitrogens with zero attached hydrogens (tertiary/aromatic N) is 1. The van der Waals surface area contributed by atoms with Gasteiger partial charge in [-0.25, -0.2) is 9.18 Å². The summed E-state index contributed by atoms with van der Waals surface area (Å²) in [5, 5.41) is 2.31. The van der Waals surface area contributed by atoms with Crippen LogP contribution in [0.4, 0.5) is 28.0 Å². The second-order valence-electron chi connectivity index (χ2n) is 6.38. The van der Waals surface area contributed by atoms with Gasteiger partial charge in [0.25, 0.3) is 0 Å². The Balaban J connectivity index is 1.84. The SMILES string of the molecule is CC(C)C(=O)N1CC[C@@H](OC(=O)Nc2ccc(OC(F)(F)F)cc2)[C@@H](F)C1. The lowest BCUT2D eigenvalue weighted by Crippen LogP contribution is -2.50. The molecule has 1 aromatic carbocycles. The Morgan fingerprint density at radius 3 is 2.37 bits per heavy atom. The maximum absolute atomic E-state index is 14.2. The highest BCUT2D eigenvalue weighted by atomic mass is 19.4. The average molecular weight is 392 g/mol. The number of alkyl halides is 4. The van der Waals surface area contributed by atoms with Crippen molar-refractivity contribution >= 4 is 17.7 Å². The van der Waals surface area contributed by atoms with Gasteiger partial charge in [0.05, 0.1) is 6.54 Å². The van der Waals surface area contributed by atoms with Crippen molar-refractivity contribution in [1.29, 1.82) is 0 Å². The summed E-state index contributed by atoms with van der Waals surface area (Å²) in [6, 6.07) is 4.44. The first-order valence-corrected chi connectivity index (χ1v) is 8.31. The molecule has 10 heteroatoms. The van der Waals surface area contributed by atoms with E-state index in [4.69, 9.17) is 4.74 Å². The summed E-state index contributed by atoms with van der Waals surface area (Å²) in [4.78, 5) is 25.2. The number of likely N-dealkylation sites (tertiary alicyclic amines) is 1. The van der Waals surface area contributed by atoms with Crippen LogP contribution in [0.3, 0.4) is 0 Å². The third-order valence-electron chi connectivity index (χ3n) is 3.88. The Kier molecular flexibility index (Phi) is 6.50. The van der Waals surface area contributed by atoms with Gasteiger partial charge >= 0.3 is 12.5 Å². The average Bonchev–Trinajstić information content (AvgIpc) is 2.56. The van der Waals surface area contributed by atoms with Gasteiger partial charge in [0, 0.05) is 24.6 Å². The minimum Gasteiger partial charge on any atom is -0.443 e. The lowest BCUT2D eigenvalue weighted by atomic mass is 10.0. The number of rotatable bonds is 4. The smallest absolute Gasteiger partial charge is 0.443 e. The summed E-state index contributed by atoms with van der Waals surface area (Å²) >= 11 is 0. The largest absolute Gasteiger partial charge is 0.573 e. The van der Waals surface area contributed by atoms with Crippen LogP contribution >= 0.6 is 0 Å². The molecule has 0 bridgehead atoms. The number of hydrogen-bond acceptors (Lipinski definition) is 4. The number of amides is 2. The summed E-state index contributed by atoms with van der Waals surface area (Å²) in [7, 11) is 0. The van der Waals surface area contributed by atoms with Gasteiger partial charge in [0.1, 0.15) is 11.9 Å². The molecule has 2 rings (SSSR count). The topological polar surface area (TPSA) is 67.9 Å². The van der Waals surface area contributed by atoms with E-state index in [9.17, 15) is 27.2 Å². The van der Waals surface area contributed by atoms with Gasteiger partial charge in [-0.3, -0.25) is 10.1 Å². The normalized spacial score (nSPS) is 20.3. The summed E-state index contributed by atoms with van der Waals surface area (Å²) in [5.74, 6) is -0.851. The Morgan fingerprint density at radius 2 is 1.85 bits per heavy atom.